The Morgan fingerprint density at radius 3 is 1.72 bits per heavy atom. The summed E-state index contributed by atoms with van der Waals surface area (Å²) in [6, 6.07) is 36.7. The van der Waals surface area contributed by atoms with Crippen LogP contribution in [0.5, 0.6) is 5.75 Å². The van der Waals surface area contributed by atoms with Gasteiger partial charge in [-0.2, -0.15) is 5.26 Å². The molecule has 192 valence electrons. The molecule has 39 heavy (non-hydrogen) atoms. The van der Waals surface area contributed by atoms with Crippen LogP contribution in [0.2, 0.25) is 0 Å². The molecule has 0 unspecified atom stereocenters. The molecule has 5 rings (SSSR count). The van der Waals surface area contributed by atoms with Crippen molar-refractivity contribution < 1.29 is 30.9 Å². The first-order valence-electron chi connectivity index (χ1n) is 11.9. The highest BCUT2D eigenvalue weighted by atomic mass is 79.9. The molecule has 0 aliphatic heterocycles. The van der Waals surface area contributed by atoms with E-state index in [0.717, 1.165) is 11.6 Å². The van der Waals surface area contributed by atoms with Crippen LogP contribution in [0.1, 0.15) is 21.7 Å². The van der Waals surface area contributed by atoms with Crippen molar-refractivity contribution in [3.63, 3.8) is 0 Å². The highest BCUT2D eigenvalue weighted by Crippen LogP contribution is 2.57. The molecule has 1 aromatic heterocycles. The van der Waals surface area contributed by atoms with Crippen molar-refractivity contribution in [1.82, 2.24) is 9.97 Å². The fourth-order valence-corrected chi connectivity index (χ4v) is 8.58. The number of hydrogen-bond acceptors (Lipinski definition) is 5. The molecular formula is C31H22BrFN3O2P. The van der Waals surface area contributed by atoms with Gasteiger partial charge in [0.05, 0.1) is 5.56 Å². The Morgan fingerprint density at radius 1 is 0.795 bits per heavy atom. The van der Waals surface area contributed by atoms with E-state index >= 15 is 0 Å². The van der Waals surface area contributed by atoms with Crippen LogP contribution >= 0.6 is 7.26 Å². The van der Waals surface area contributed by atoms with Crippen LogP contribution in [-0.2, 0) is 6.16 Å². The zero-order chi connectivity index (χ0) is 26.4. The Kier molecular flexibility index (Phi) is 8.93. The van der Waals surface area contributed by atoms with Gasteiger partial charge in [-0.15, -0.1) is 0 Å². The van der Waals surface area contributed by atoms with Gasteiger partial charge in [-0.25, -0.2) is 19.2 Å². The Balaban J connectivity index is 0.00000353. The Morgan fingerprint density at radius 2 is 1.28 bits per heavy atom. The van der Waals surface area contributed by atoms with Gasteiger partial charge < -0.3 is 21.7 Å². The number of carbonyl (C=O) groups is 1. The third kappa shape index (κ3) is 5.93. The highest BCUT2D eigenvalue weighted by Gasteiger charge is 2.45. The number of esters is 1. The van der Waals surface area contributed by atoms with E-state index in [0.29, 0.717) is 6.16 Å². The van der Waals surface area contributed by atoms with Crippen LogP contribution in [0.25, 0.3) is 0 Å². The monoisotopic (exact) mass is 597 g/mol. The zero-order valence-electron chi connectivity index (χ0n) is 20.6. The van der Waals surface area contributed by atoms with Gasteiger partial charge in [0, 0.05) is 24.0 Å². The topological polar surface area (TPSA) is 75.9 Å². The van der Waals surface area contributed by atoms with Gasteiger partial charge >= 0.3 is 5.97 Å². The third-order valence-electron chi connectivity index (χ3n) is 6.17. The van der Waals surface area contributed by atoms with Gasteiger partial charge in [-0.05, 0) is 48.5 Å². The van der Waals surface area contributed by atoms with E-state index in [4.69, 9.17) is 10.00 Å². The van der Waals surface area contributed by atoms with Crippen LogP contribution < -0.4 is 37.6 Å². The second-order valence-corrected chi connectivity index (χ2v) is 12.0. The lowest BCUT2D eigenvalue weighted by Crippen LogP contribution is -3.00. The minimum atomic E-state index is -2.15. The first-order valence-corrected chi connectivity index (χ1v) is 13.9. The molecule has 8 heteroatoms. The maximum Gasteiger partial charge on any atom is 0.381 e. The lowest BCUT2D eigenvalue weighted by atomic mass is 10.2. The summed E-state index contributed by atoms with van der Waals surface area (Å²) < 4.78 is 19.1. The lowest BCUT2D eigenvalue weighted by molar-refractivity contribution is -0.0000212. The van der Waals surface area contributed by atoms with Crippen molar-refractivity contribution in [2.75, 3.05) is 0 Å². The van der Waals surface area contributed by atoms with Crippen LogP contribution in [0.4, 0.5) is 4.39 Å². The van der Waals surface area contributed by atoms with E-state index in [1.165, 1.54) is 28.0 Å². The number of nitrogens with zero attached hydrogens (tertiary/aromatic N) is 3. The summed E-state index contributed by atoms with van der Waals surface area (Å²) in [6.45, 7) is 0. The summed E-state index contributed by atoms with van der Waals surface area (Å²) in [5.74, 6) is -1.74. The van der Waals surface area contributed by atoms with E-state index in [-0.39, 0.29) is 34.1 Å². The summed E-state index contributed by atoms with van der Waals surface area (Å²) >= 11 is 0. The average molecular weight is 598 g/mol. The highest BCUT2D eigenvalue weighted by molar-refractivity contribution is 7.95. The van der Waals surface area contributed by atoms with Crippen LogP contribution in [0.15, 0.2) is 122 Å². The molecule has 5 nitrogen and oxygen atoms in total. The first kappa shape index (κ1) is 27.8. The minimum absolute atomic E-state index is 0. The second kappa shape index (κ2) is 12.5. The fraction of sp³-hybridized carbons (Fsp3) is 0.0323. The molecule has 0 radical (unpaired) electrons. The summed E-state index contributed by atoms with van der Waals surface area (Å²) in [5, 5.41) is 12.6. The molecule has 4 aromatic carbocycles. The van der Waals surface area contributed by atoms with Gasteiger partial charge in [0.1, 0.15) is 47.0 Å². The number of hydrogen-bond donors (Lipinski definition) is 0. The van der Waals surface area contributed by atoms with E-state index in [1.54, 1.807) is 18.5 Å². The number of aromatic nitrogens is 2. The Hall–Kier alpha value is -4.24. The van der Waals surface area contributed by atoms with E-state index in [9.17, 15) is 9.18 Å². The number of ether oxygens (including phenoxy) is 1. The summed E-state index contributed by atoms with van der Waals surface area (Å²) in [7, 11) is -2.15. The Labute approximate surface area is 237 Å². The molecule has 0 aliphatic carbocycles. The summed E-state index contributed by atoms with van der Waals surface area (Å²) in [4.78, 5) is 21.2. The van der Waals surface area contributed by atoms with Gasteiger partial charge in [0.25, 0.3) is 0 Å². The van der Waals surface area contributed by atoms with Crippen molar-refractivity contribution >= 4 is 29.1 Å². The fourth-order valence-electron chi connectivity index (χ4n) is 4.39. The van der Waals surface area contributed by atoms with Crippen molar-refractivity contribution in [1.29, 1.82) is 5.26 Å². The van der Waals surface area contributed by atoms with Crippen LogP contribution in [-0.4, -0.2) is 15.9 Å². The predicted octanol–water partition coefficient (Wildman–Crippen LogP) is 2.20. The molecule has 0 fully saturated rings. The molecule has 0 saturated heterocycles. The lowest BCUT2D eigenvalue weighted by Gasteiger charge is -2.27. The molecule has 0 atom stereocenters. The van der Waals surface area contributed by atoms with Gasteiger partial charge in [0.15, 0.2) is 0 Å². The van der Waals surface area contributed by atoms with Crippen molar-refractivity contribution in [3.8, 4) is 11.8 Å². The van der Waals surface area contributed by atoms with Gasteiger partial charge in [-0.3, -0.25) is 0 Å². The third-order valence-corrected chi connectivity index (χ3v) is 10.5. The SMILES string of the molecule is N#Cc1ccc(OC(=O)c2ncc(C[P+](c3ccccc3)(c3ccccc3)c3ccccc3)cn2)cc1F.[Br-]. The van der Waals surface area contributed by atoms with E-state index in [1.807, 2.05) is 18.2 Å². The zero-order valence-corrected chi connectivity index (χ0v) is 23.1. The first-order chi connectivity index (χ1) is 18.6. The Bertz CT molecular complexity index is 1500. The maximum absolute atomic E-state index is 13.9. The van der Waals surface area contributed by atoms with Gasteiger partial charge in [0.2, 0.25) is 5.82 Å². The molecular weight excluding hydrogens is 576 g/mol. The number of benzene rings is 4. The van der Waals surface area contributed by atoms with Crippen molar-refractivity contribution in [3.05, 3.63) is 144 Å². The molecule has 1 heterocycles. The normalized spacial score (nSPS) is 10.7. The molecule has 0 aliphatic rings. The quantitative estimate of drug-likeness (QED) is 0.163. The van der Waals surface area contributed by atoms with Crippen LogP contribution in [0.3, 0.4) is 0 Å². The van der Waals surface area contributed by atoms with Crippen LogP contribution in [0, 0.1) is 17.1 Å². The van der Waals surface area contributed by atoms with E-state index < -0.39 is 19.0 Å². The maximum atomic E-state index is 13.9. The minimum Gasteiger partial charge on any atom is -1.00 e. The number of halogens is 2. The average Bonchev–Trinajstić information content (AvgIpc) is 2.98. The largest absolute Gasteiger partial charge is 1.00 e. The number of nitriles is 1. The van der Waals surface area contributed by atoms with Crippen molar-refractivity contribution in [2.45, 2.75) is 6.16 Å². The number of carbonyl (C=O) groups excluding carboxylic acids is 1. The second-order valence-electron chi connectivity index (χ2n) is 8.53. The number of rotatable bonds is 7. The van der Waals surface area contributed by atoms with Crippen molar-refractivity contribution in [2.24, 2.45) is 0 Å². The summed E-state index contributed by atoms with van der Waals surface area (Å²) in [6.07, 6.45) is 3.94. The molecule has 0 bridgehead atoms. The molecule has 5 aromatic rings. The van der Waals surface area contributed by atoms with Gasteiger partial charge in [-0.1, -0.05) is 54.6 Å². The summed E-state index contributed by atoms with van der Waals surface area (Å²) in [5.41, 5.74) is 0.739. The molecule has 0 spiro atoms. The molecule has 0 saturated carbocycles. The van der Waals surface area contributed by atoms with E-state index in [2.05, 4.69) is 82.8 Å². The molecule has 0 amide bonds. The standard InChI is InChI=1S/C31H22FN3O2P.BrH/c32-29-18-25(17-16-24(29)19-33)37-31(36)30-34-20-23(21-35-30)22-38(26-10-4-1-5-11-26,27-12-6-2-7-13-27)28-14-8-3-9-15-28;/h1-18,20-21H,22H2;1H/q+1;/p-1. The predicted molar refractivity (Wildman–Crippen MR) is 147 cm³/mol. The molecule has 0 N–H and O–H groups in total. The smallest absolute Gasteiger partial charge is 0.381 e.